The number of piperidine rings is 2. The van der Waals surface area contributed by atoms with Crippen LogP contribution in [0.15, 0.2) is 42.5 Å². The summed E-state index contributed by atoms with van der Waals surface area (Å²) in [5, 5.41) is 10.2. The SMILES string of the molecule is BC1(C)CCN(c2c(CC(=O)O)c(C)nc(CN3CCC4(CCC4)CC3)c2-c2ccc(OCCc3ccc(F)cc3)c(F)c2)CC1. The van der Waals surface area contributed by atoms with E-state index < -0.39 is 11.8 Å². The van der Waals surface area contributed by atoms with E-state index >= 15 is 4.39 Å². The van der Waals surface area contributed by atoms with Crippen molar-refractivity contribution in [2.45, 2.75) is 83.5 Å². The molecule has 1 saturated carbocycles. The molecule has 2 saturated heterocycles. The summed E-state index contributed by atoms with van der Waals surface area (Å²) in [6, 6.07) is 11.3. The molecule has 46 heavy (non-hydrogen) atoms. The van der Waals surface area contributed by atoms with Crippen LogP contribution < -0.4 is 9.64 Å². The molecule has 0 bridgehead atoms. The maximum Gasteiger partial charge on any atom is 0.307 e. The van der Waals surface area contributed by atoms with Crippen LogP contribution in [0.25, 0.3) is 11.1 Å². The number of aliphatic carboxylic acids is 1. The molecule has 1 spiro atoms. The van der Waals surface area contributed by atoms with Crippen molar-refractivity contribution in [3.63, 3.8) is 0 Å². The third-order valence-corrected chi connectivity index (χ3v) is 10.8. The number of carbonyl (C=O) groups is 1. The van der Waals surface area contributed by atoms with Crippen molar-refractivity contribution >= 4 is 19.5 Å². The van der Waals surface area contributed by atoms with Gasteiger partial charge in [0.05, 0.1) is 24.4 Å². The minimum absolute atomic E-state index is 0.138. The van der Waals surface area contributed by atoms with Crippen LogP contribution in [0, 0.1) is 24.0 Å². The number of anilines is 1. The van der Waals surface area contributed by atoms with Crippen LogP contribution in [0.1, 0.15) is 74.4 Å². The number of aromatic nitrogens is 1. The molecule has 6 nitrogen and oxygen atoms in total. The van der Waals surface area contributed by atoms with E-state index in [1.165, 1.54) is 50.3 Å². The molecule has 3 aromatic rings. The average Bonchev–Trinajstić information content (AvgIpc) is 3.00. The Balaban J connectivity index is 1.35. The summed E-state index contributed by atoms with van der Waals surface area (Å²) >= 11 is 0. The van der Waals surface area contributed by atoms with Gasteiger partial charge in [-0.05, 0) is 99.3 Å². The lowest BCUT2D eigenvalue weighted by atomic mass is 9.63. The van der Waals surface area contributed by atoms with Crippen LogP contribution in [0.5, 0.6) is 5.75 Å². The molecule has 2 aromatic carbocycles. The third kappa shape index (κ3) is 7.25. The van der Waals surface area contributed by atoms with Gasteiger partial charge in [-0.3, -0.25) is 14.7 Å². The van der Waals surface area contributed by atoms with E-state index in [1.54, 1.807) is 18.2 Å². The molecule has 1 aromatic heterocycles. The number of hydrogen-bond donors (Lipinski definition) is 1. The number of benzene rings is 2. The van der Waals surface area contributed by atoms with Crippen molar-refractivity contribution in [2.24, 2.45) is 5.41 Å². The van der Waals surface area contributed by atoms with E-state index in [1.807, 2.05) is 13.0 Å². The zero-order valence-corrected chi connectivity index (χ0v) is 27.5. The van der Waals surface area contributed by atoms with E-state index in [0.717, 1.165) is 67.2 Å². The summed E-state index contributed by atoms with van der Waals surface area (Å²) in [6.45, 7) is 8.72. The standard InChI is InChI=1S/C37H46BF2N3O3/c1-25-29(23-33(44)45)35(43-19-13-36(2,38)14-20-43)34(31(41-25)24-42-17-15-37(16-18-42)11-3-12-37)27-6-9-32(30(40)22-27)46-21-10-26-4-7-28(39)8-5-26/h4-9,22H,3,10-21,23-24,38H2,1-2H3,(H,44,45). The first-order chi connectivity index (χ1) is 22.0. The molecular weight excluding hydrogens is 583 g/mol. The van der Waals surface area contributed by atoms with E-state index in [-0.39, 0.29) is 29.9 Å². The van der Waals surface area contributed by atoms with E-state index in [2.05, 4.69) is 24.6 Å². The molecule has 0 amide bonds. The minimum Gasteiger partial charge on any atom is -0.490 e. The monoisotopic (exact) mass is 629 g/mol. The highest BCUT2D eigenvalue weighted by atomic mass is 19.1. The molecule has 9 heteroatoms. The maximum absolute atomic E-state index is 15.8. The van der Waals surface area contributed by atoms with Crippen LogP contribution in [-0.4, -0.2) is 61.6 Å². The average molecular weight is 630 g/mol. The van der Waals surface area contributed by atoms with E-state index in [0.29, 0.717) is 29.5 Å². The zero-order valence-electron chi connectivity index (χ0n) is 27.5. The molecule has 0 radical (unpaired) electrons. The predicted molar refractivity (Wildman–Crippen MR) is 180 cm³/mol. The third-order valence-electron chi connectivity index (χ3n) is 10.8. The molecule has 0 atom stereocenters. The van der Waals surface area contributed by atoms with Gasteiger partial charge in [0.15, 0.2) is 11.6 Å². The van der Waals surface area contributed by atoms with Gasteiger partial charge in [0, 0.05) is 42.9 Å². The Morgan fingerprint density at radius 2 is 1.70 bits per heavy atom. The first kappa shape index (κ1) is 32.5. The fourth-order valence-electron chi connectivity index (χ4n) is 7.53. The van der Waals surface area contributed by atoms with Gasteiger partial charge in [-0.1, -0.05) is 36.9 Å². The van der Waals surface area contributed by atoms with Crippen LogP contribution >= 0.6 is 0 Å². The summed E-state index contributed by atoms with van der Waals surface area (Å²) in [5.41, 5.74) is 6.16. The van der Waals surface area contributed by atoms with Crippen molar-refractivity contribution < 1.29 is 23.4 Å². The molecule has 3 aliphatic rings. The largest absolute Gasteiger partial charge is 0.490 e. The van der Waals surface area contributed by atoms with Crippen molar-refractivity contribution in [1.29, 1.82) is 0 Å². The number of aryl methyl sites for hydroxylation is 1. The van der Waals surface area contributed by atoms with Gasteiger partial charge < -0.3 is 14.7 Å². The molecule has 3 fully saturated rings. The van der Waals surface area contributed by atoms with Gasteiger partial charge in [-0.25, -0.2) is 8.78 Å². The molecule has 0 unspecified atom stereocenters. The number of halogens is 2. The Morgan fingerprint density at radius 1 is 1.00 bits per heavy atom. The number of ether oxygens (including phenoxy) is 1. The number of pyridine rings is 1. The number of likely N-dealkylation sites (tertiary alicyclic amines) is 1. The van der Waals surface area contributed by atoms with Gasteiger partial charge in [0.2, 0.25) is 0 Å². The Morgan fingerprint density at radius 3 is 2.30 bits per heavy atom. The van der Waals surface area contributed by atoms with Gasteiger partial charge in [-0.15, -0.1) is 0 Å². The van der Waals surface area contributed by atoms with Gasteiger partial charge in [0.25, 0.3) is 0 Å². The highest BCUT2D eigenvalue weighted by Crippen LogP contribution is 2.49. The Kier molecular flexibility index (Phi) is 9.42. The highest BCUT2D eigenvalue weighted by molar-refractivity contribution is 6.15. The number of carboxylic acids is 1. The van der Waals surface area contributed by atoms with Crippen molar-refractivity contribution in [3.05, 3.63) is 76.6 Å². The van der Waals surface area contributed by atoms with Crippen molar-refractivity contribution in [1.82, 2.24) is 9.88 Å². The first-order valence-electron chi connectivity index (χ1n) is 16.9. The Hall–Kier alpha value is -3.46. The van der Waals surface area contributed by atoms with E-state index in [4.69, 9.17) is 9.72 Å². The number of rotatable bonds is 10. The summed E-state index contributed by atoms with van der Waals surface area (Å²) in [7, 11) is 2.28. The molecule has 2 aliphatic heterocycles. The molecule has 244 valence electrons. The fraction of sp³-hybridized carbons (Fsp3) is 0.514. The van der Waals surface area contributed by atoms with Crippen LogP contribution in [0.3, 0.4) is 0 Å². The van der Waals surface area contributed by atoms with Gasteiger partial charge >= 0.3 is 5.97 Å². The molecule has 3 heterocycles. The quantitative estimate of drug-likeness (QED) is 0.250. The van der Waals surface area contributed by atoms with Gasteiger partial charge in [-0.2, -0.15) is 0 Å². The maximum atomic E-state index is 15.8. The Labute approximate surface area is 272 Å². The summed E-state index contributed by atoms with van der Waals surface area (Å²) in [4.78, 5) is 22.0. The number of nitrogens with zero attached hydrogens (tertiary/aromatic N) is 3. The van der Waals surface area contributed by atoms with Crippen molar-refractivity contribution in [3.8, 4) is 16.9 Å². The summed E-state index contributed by atoms with van der Waals surface area (Å²) in [5.74, 6) is -1.52. The normalized spacial score (nSPS) is 19.2. The second-order valence-electron chi connectivity index (χ2n) is 14.6. The second-order valence-corrected chi connectivity index (χ2v) is 14.6. The second kappa shape index (κ2) is 13.3. The molecule has 6 rings (SSSR count). The topological polar surface area (TPSA) is 65.9 Å². The molecule has 1 N–H and O–H groups in total. The smallest absolute Gasteiger partial charge is 0.307 e. The van der Waals surface area contributed by atoms with Crippen LogP contribution in [-0.2, 0) is 24.2 Å². The van der Waals surface area contributed by atoms with Gasteiger partial charge in [0.1, 0.15) is 13.7 Å². The number of hydrogen-bond acceptors (Lipinski definition) is 5. The summed E-state index contributed by atoms with van der Waals surface area (Å²) < 4.78 is 34.9. The molecule has 1 aliphatic carbocycles. The predicted octanol–water partition coefficient (Wildman–Crippen LogP) is 6.76. The lowest BCUT2D eigenvalue weighted by Gasteiger charge is -2.48. The van der Waals surface area contributed by atoms with Crippen molar-refractivity contribution in [2.75, 3.05) is 37.7 Å². The lowest BCUT2D eigenvalue weighted by molar-refractivity contribution is -0.136. The first-order valence-corrected chi connectivity index (χ1v) is 16.9. The fourth-order valence-corrected chi connectivity index (χ4v) is 7.53. The van der Waals surface area contributed by atoms with Crippen LogP contribution in [0.4, 0.5) is 14.5 Å². The zero-order chi connectivity index (χ0) is 32.5. The molecular formula is C37H46BF2N3O3. The van der Waals surface area contributed by atoms with Crippen LogP contribution in [0.2, 0.25) is 5.31 Å². The number of carboxylic acid groups (broad SMARTS) is 1. The summed E-state index contributed by atoms with van der Waals surface area (Å²) in [6.07, 6.45) is 8.76. The lowest BCUT2D eigenvalue weighted by Crippen LogP contribution is -2.43. The highest BCUT2D eigenvalue weighted by Gasteiger charge is 2.40. The Bertz CT molecular complexity index is 1560. The van der Waals surface area contributed by atoms with E-state index in [9.17, 15) is 14.3 Å². The minimum atomic E-state index is -0.903.